The first-order valence-corrected chi connectivity index (χ1v) is 6.01. The van der Waals surface area contributed by atoms with Crippen LogP contribution in [0.15, 0.2) is 11.3 Å². The fourth-order valence-corrected chi connectivity index (χ4v) is 2.73. The van der Waals surface area contributed by atoms with Gasteiger partial charge in [0, 0.05) is 12.6 Å². The summed E-state index contributed by atoms with van der Waals surface area (Å²) in [6.45, 7) is 0.280. The van der Waals surface area contributed by atoms with E-state index in [1.807, 2.05) is 6.33 Å². The molecule has 17 heavy (non-hydrogen) atoms. The first-order chi connectivity index (χ1) is 8.29. The van der Waals surface area contributed by atoms with Crippen LogP contribution in [0.5, 0.6) is 0 Å². The van der Waals surface area contributed by atoms with Crippen molar-refractivity contribution in [2.24, 2.45) is 16.6 Å². The average molecular weight is 235 g/mol. The molecule has 0 bridgehead atoms. The second kappa shape index (κ2) is 4.12. The van der Waals surface area contributed by atoms with Gasteiger partial charge < -0.3 is 20.7 Å². The number of nitrogens with two attached hydrogens (primary N) is 1. The van der Waals surface area contributed by atoms with Crippen molar-refractivity contribution < 1.29 is 5.11 Å². The van der Waals surface area contributed by atoms with Gasteiger partial charge in [-0.3, -0.25) is 4.99 Å². The molecule has 3 rings (SSSR count). The molecule has 0 spiro atoms. The summed E-state index contributed by atoms with van der Waals surface area (Å²) in [4.78, 5) is 8.40. The number of nitrogens with one attached hydrogen (secondary N) is 1. The van der Waals surface area contributed by atoms with Gasteiger partial charge in [0.15, 0.2) is 0 Å². The number of hydrogen-bond acceptors (Lipinski definition) is 5. The van der Waals surface area contributed by atoms with E-state index in [1.54, 1.807) is 6.34 Å². The predicted molar refractivity (Wildman–Crippen MR) is 64.7 cm³/mol. The molecule has 6 nitrogen and oxygen atoms in total. The van der Waals surface area contributed by atoms with E-state index < -0.39 is 0 Å². The second-order valence-corrected chi connectivity index (χ2v) is 4.77. The van der Waals surface area contributed by atoms with Crippen molar-refractivity contribution in [3.8, 4) is 0 Å². The van der Waals surface area contributed by atoms with E-state index in [2.05, 4.69) is 19.9 Å². The van der Waals surface area contributed by atoms with Crippen molar-refractivity contribution in [3.05, 3.63) is 12.0 Å². The van der Waals surface area contributed by atoms with Gasteiger partial charge in [-0.15, -0.1) is 0 Å². The zero-order valence-electron chi connectivity index (χ0n) is 9.58. The number of nitrogens with zero attached hydrogens (tertiary/aromatic N) is 3. The third kappa shape index (κ3) is 1.73. The van der Waals surface area contributed by atoms with Crippen molar-refractivity contribution in [1.29, 1.82) is 0 Å². The van der Waals surface area contributed by atoms with E-state index in [-0.39, 0.29) is 12.8 Å². The van der Waals surface area contributed by atoms with E-state index in [0.717, 1.165) is 30.8 Å². The topological polar surface area (TPSA) is 88.5 Å². The van der Waals surface area contributed by atoms with Gasteiger partial charge in [-0.25, -0.2) is 4.98 Å². The highest BCUT2D eigenvalue weighted by atomic mass is 16.3. The molecule has 2 heterocycles. The molecule has 1 aromatic rings. The van der Waals surface area contributed by atoms with E-state index >= 15 is 0 Å². The van der Waals surface area contributed by atoms with Crippen LogP contribution in [0.3, 0.4) is 0 Å². The molecule has 2 aliphatic rings. The summed E-state index contributed by atoms with van der Waals surface area (Å²) < 4.78 is 2.13. The molecule has 92 valence electrons. The molecule has 1 aliphatic heterocycles. The van der Waals surface area contributed by atoms with Gasteiger partial charge in [-0.05, 0) is 25.2 Å². The quantitative estimate of drug-likeness (QED) is 0.701. The first kappa shape index (κ1) is 10.7. The first-order valence-electron chi connectivity index (χ1n) is 6.01. The Morgan fingerprint density at radius 2 is 2.41 bits per heavy atom. The Balaban J connectivity index is 1.86. The lowest BCUT2D eigenvalue weighted by Gasteiger charge is -2.19. The molecule has 1 unspecified atom stereocenters. The van der Waals surface area contributed by atoms with E-state index in [0.29, 0.717) is 12.0 Å². The molecule has 1 aromatic heterocycles. The number of aliphatic hydroxyl groups is 1. The number of hydrogen-bond donors (Lipinski definition) is 3. The van der Waals surface area contributed by atoms with Crippen LogP contribution in [0.2, 0.25) is 0 Å². The zero-order chi connectivity index (χ0) is 11.8. The maximum atomic E-state index is 9.18. The minimum atomic E-state index is -0.359. The molecule has 0 amide bonds. The summed E-state index contributed by atoms with van der Waals surface area (Å²) in [5.41, 5.74) is 6.66. The lowest BCUT2D eigenvalue weighted by molar-refractivity contribution is 0.226. The van der Waals surface area contributed by atoms with Crippen LogP contribution < -0.4 is 11.1 Å². The Morgan fingerprint density at radius 3 is 3.18 bits per heavy atom. The summed E-state index contributed by atoms with van der Waals surface area (Å²) in [6.07, 6.45) is 6.27. The number of rotatable bonds is 2. The Labute approximate surface area is 99.6 Å². The van der Waals surface area contributed by atoms with Crippen molar-refractivity contribution in [2.45, 2.75) is 31.5 Å². The van der Waals surface area contributed by atoms with Crippen molar-refractivity contribution in [1.82, 2.24) is 9.55 Å². The molecule has 3 atom stereocenters. The maximum absolute atomic E-state index is 9.18. The summed E-state index contributed by atoms with van der Waals surface area (Å²) in [6, 6.07) is 0.412. The number of aliphatic hydroxyl groups excluding tert-OH is 1. The molecule has 6 heteroatoms. The fourth-order valence-electron chi connectivity index (χ4n) is 2.73. The van der Waals surface area contributed by atoms with Gasteiger partial charge in [0.2, 0.25) is 0 Å². The van der Waals surface area contributed by atoms with Gasteiger partial charge in [0.1, 0.15) is 17.7 Å². The minimum absolute atomic E-state index is 0.280. The molecule has 4 N–H and O–H groups in total. The summed E-state index contributed by atoms with van der Waals surface area (Å²) in [5.74, 6) is 1.38. The maximum Gasteiger partial charge on any atom is 0.145 e. The smallest absolute Gasteiger partial charge is 0.145 e. The van der Waals surface area contributed by atoms with Crippen molar-refractivity contribution in [2.75, 3.05) is 11.9 Å². The highest BCUT2D eigenvalue weighted by Crippen LogP contribution is 2.37. The standard InChI is InChI=1S/C11H17N5O/c12-10-9-11(14-5-13-10)16(6-15-9)8-2-1-7(3-8)4-17/h5-8,10,17H,1-4,12H2,(H,13,14)/t7-,8+,10?/m1/s1. The average Bonchev–Trinajstić information content (AvgIpc) is 2.94. The van der Waals surface area contributed by atoms with Gasteiger partial charge in [-0.2, -0.15) is 0 Å². The lowest BCUT2D eigenvalue weighted by Crippen LogP contribution is -2.19. The number of imidazole rings is 1. The molecular weight excluding hydrogens is 218 g/mol. The summed E-state index contributed by atoms with van der Waals surface area (Å²) in [7, 11) is 0. The van der Waals surface area contributed by atoms with Crippen LogP contribution in [-0.2, 0) is 0 Å². The fraction of sp³-hybridized carbons (Fsp3) is 0.636. The second-order valence-electron chi connectivity index (χ2n) is 4.77. The van der Waals surface area contributed by atoms with Crippen molar-refractivity contribution >= 4 is 12.2 Å². The Kier molecular flexibility index (Phi) is 2.60. The van der Waals surface area contributed by atoms with Crippen LogP contribution in [0.4, 0.5) is 5.82 Å². The molecule has 1 aliphatic carbocycles. The number of aromatic nitrogens is 2. The molecular formula is C11H17N5O. The van der Waals surface area contributed by atoms with Gasteiger partial charge in [0.25, 0.3) is 0 Å². The number of anilines is 1. The molecule has 0 saturated heterocycles. The van der Waals surface area contributed by atoms with Gasteiger partial charge in [-0.1, -0.05) is 0 Å². The SMILES string of the molecule is NC1N=CNc2c1ncn2[C@H]1CC[C@@H](CO)C1. The third-order valence-corrected chi connectivity index (χ3v) is 3.70. The van der Waals surface area contributed by atoms with Gasteiger partial charge >= 0.3 is 0 Å². The van der Waals surface area contributed by atoms with Crippen LogP contribution in [0.25, 0.3) is 0 Å². The molecule has 1 fully saturated rings. The third-order valence-electron chi connectivity index (χ3n) is 3.70. The molecule has 0 aromatic carbocycles. The van der Waals surface area contributed by atoms with Crippen LogP contribution in [0, 0.1) is 5.92 Å². The number of fused-ring (bicyclic) bond motifs is 1. The Morgan fingerprint density at radius 1 is 1.53 bits per heavy atom. The highest BCUT2D eigenvalue weighted by molar-refractivity contribution is 5.77. The van der Waals surface area contributed by atoms with Crippen LogP contribution in [0.1, 0.15) is 37.2 Å². The molecule has 0 radical (unpaired) electrons. The monoisotopic (exact) mass is 235 g/mol. The Hall–Kier alpha value is -1.40. The highest BCUT2D eigenvalue weighted by Gasteiger charge is 2.29. The van der Waals surface area contributed by atoms with E-state index in [4.69, 9.17) is 5.73 Å². The summed E-state index contributed by atoms with van der Waals surface area (Å²) >= 11 is 0. The predicted octanol–water partition coefficient (Wildman–Crippen LogP) is 0.628. The minimum Gasteiger partial charge on any atom is -0.396 e. The number of aliphatic imine (C=N–C) groups is 1. The van der Waals surface area contributed by atoms with Crippen molar-refractivity contribution in [3.63, 3.8) is 0 Å². The van der Waals surface area contributed by atoms with Crippen LogP contribution >= 0.6 is 0 Å². The Bertz CT molecular complexity index is 441. The van der Waals surface area contributed by atoms with E-state index in [1.165, 1.54) is 0 Å². The lowest BCUT2D eigenvalue weighted by atomic mass is 10.1. The largest absolute Gasteiger partial charge is 0.396 e. The zero-order valence-corrected chi connectivity index (χ0v) is 9.58. The normalized spacial score (nSPS) is 31.3. The van der Waals surface area contributed by atoms with Gasteiger partial charge in [0.05, 0.1) is 12.7 Å². The summed E-state index contributed by atoms with van der Waals surface area (Å²) in [5, 5.41) is 12.3. The molecule has 1 saturated carbocycles. The van der Waals surface area contributed by atoms with E-state index in [9.17, 15) is 5.11 Å². The van der Waals surface area contributed by atoms with Crippen LogP contribution in [-0.4, -0.2) is 27.6 Å².